The monoisotopic (exact) mass is 684 g/mol. The quantitative estimate of drug-likeness (QED) is 0.201. The minimum Gasteiger partial charge on any atom is -0.461 e. The number of nitrogen functional groups attached to an aromatic ring is 1. The van der Waals surface area contributed by atoms with Crippen LogP contribution < -0.4 is 15.4 Å². The van der Waals surface area contributed by atoms with Gasteiger partial charge in [-0.3, -0.25) is 10.00 Å². The molecule has 0 amide bonds. The third-order valence-corrected chi connectivity index (χ3v) is 10.8. The Morgan fingerprint density at radius 3 is 2.83 bits per heavy atom. The molecule has 3 aromatic heterocycles. The molecule has 5 aromatic rings. The van der Waals surface area contributed by atoms with E-state index in [0.29, 0.717) is 37.3 Å². The molecular weight excluding hydrogens is 658 g/mol. The summed E-state index contributed by atoms with van der Waals surface area (Å²) in [4.78, 5) is 12.6. The molecule has 8 rings (SSSR count). The molecule has 0 aliphatic carbocycles. The van der Waals surface area contributed by atoms with E-state index in [4.69, 9.17) is 10.5 Å². The first kappa shape index (κ1) is 30.7. The van der Waals surface area contributed by atoms with Gasteiger partial charge in [-0.25, -0.2) is 13.2 Å². The summed E-state index contributed by atoms with van der Waals surface area (Å²) >= 11 is 0.692. The average Bonchev–Trinajstić information content (AvgIpc) is 3.81. The Hall–Kier alpha value is -4.62. The first-order valence-electron chi connectivity index (χ1n) is 15.3. The van der Waals surface area contributed by atoms with Crippen molar-refractivity contribution in [3.63, 3.8) is 0 Å². The number of aromatic amines is 1. The molecule has 2 atom stereocenters. The summed E-state index contributed by atoms with van der Waals surface area (Å²) in [5.74, 6) is -2.13. The molecule has 0 bridgehead atoms. The summed E-state index contributed by atoms with van der Waals surface area (Å²) in [6.07, 6.45) is -2.24. The molecule has 3 aliphatic rings. The number of nitriles is 1. The molecule has 9 nitrogen and oxygen atoms in total. The van der Waals surface area contributed by atoms with E-state index in [1.165, 1.54) is 0 Å². The van der Waals surface area contributed by atoms with Gasteiger partial charge in [0.1, 0.15) is 41.0 Å². The summed E-state index contributed by atoms with van der Waals surface area (Å²) in [5, 5.41) is 16.2. The smallest absolute Gasteiger partial charge is 0.417 e. The maximum Gasteiger partial charge on any atom is 0.417 e. The number of benzene rings is 2. The van der Waals surface area contributed by atoms with Gasteiger partial charge in [-0.1, -0.05) is 6.07 Å². The van der Waals surface area contributed by atoms with Gasteiger partial charge in [-0.05, 0) is 37.1 Å². The van der Waals surface area contributed by atoms with Crippen LogP contribution in [0.2, 0.25) is 0 Å². The van der Waals surface area contributed by atoms with Crippen LogP contribution in [0.25, 0.3) is 32.1 Å². The Labute approximate surface area is 272 Å². The lowest BCUT2D eigenvalue weighted by Gasteiger charge is -2.31. The van der Waals surface area contributed by atoms with Gasteiger partial charge in [0.05, 0.1) is 27.6 Å². The van der Waals surface area contributed by atoms with Crippen LogP contribution in [0.3, 0.4) is 0 Å². The second kappa shape index (κ2) is 11.0. The maximum atomic E-state index is 17.0. The lowest BCUT2D eigenvalue weighted by atomic mass is 9.92. The van der Waals surface area contributed by atoms with Gasteiger partial charge in [-0.2, -0.15) is 33.5 Å². The average molecular weight is 685 g/mol. The highest BCUT2D eigenvalue weighted by Gasteiger charge is 2.49. The zero-order valence-electron chi connectivity index (χ0n) is 25.1. The van der Waals surface area contributed by atoms with Crippen LogP contribution in [0.5, 0.6) is 6.01 Å². The van der Waals surface area contributed by atoms with Gasteiger partial charge in [-0.15, -0.1) is 11.3 Å². The molecule has 3 N–H and O–H groups in total. The van der Waals surface area contributed by atoms with Crippen LogP contribution in [0, 0.1) is 23.0 Å². The number of nitrogens with one attached hydrogen (secondary N) is 1. The number of rotatable bonds is 5. The van der Waals surface area contributed by atoms with E-state index in [0.717, 1.165) is 35.9 Å². The van der Waals surface area contributed by atoms with E-state index < -0.39 is 46.2 Å². The largest absolute Gasteiger partial charge is 0.461 e. The predicted octanol–water partition coefficient (Wildman–Crippen LogP) is 6.50. The van der Waals surface area contributed by atoms with Crippen LogP contribution in [0.1, 0.15) is 41.6 Å². The van der Waals surface area contributed by atoms with Gasteiger partial charge >= 0.3 is 12.2 Å². The molecule has 0 spiro atoms. The summed E-state index contributed by atoms with van der Waals surface area (Å²) in [7, 11) is 0. The first-order valence-corrected chi connectivity index (χ1v) is 16.1. The van der Waals surface area contributed by atoms with E-state index in [1.54, 1.807) is 11.1 Å². The number of hydrogen-bond acceptors (Lipinski definition) is 9. The van der Waals surface area contributed by atoms with Crippen LogP contribution in [-0.2, 0) is 19.1 Å². The number of hydrogen-bond donors (Lipinski definition) is 2. The molecule has 16 heteroatoms. The fourth-order valence-electron chi connectivity index (χ4n) is 7.54. The Bertz CT molecular complexity index is 2160. The number of alkyl halides is 4. The van der Waals surface area contributed by atoms with Crippen LogP contribution >= 0.6 is 11.3 Å². The second-order valence-electron chi connectivity index (χ2n) is 12.5. The number of nitrogens with zero attached hydrogens (tertiary/aromatic N) is 6. The minimum atomic E-state index is -5.08. The molecule has 6 heterocycles. The zero-order chi connectivity index (χ0) is 33.5. The number of H-pyrrole nitrogens is 1. The summed E-state index contributed by atoms with van der Waals surface area (Å²) in [6, 6.07) is 4.27. The molecule has 2 fully saturated rings. The van der Waals surface area contributed by atoms with Crippen molar-refractivity contribution in [3.8, 4) is 23.2 Å². The number of ether oxygens (including phenoxy) is 1. The van der Waals surface area contributed by atoms with E-state index in [-0.39, 0.29) is 69.5 Å². The highest BCUT2D eigenvalue weighted by molar-refractivity contribution is 7.23. The third-order valence-electron chi connectivity index (χ3n) is 9.73. The number of halogens is 6. The van der Waals surface area contributed by atoms with Crippen molar-refractivity contribution >= 4 is 43.1 Å². The number of nitrogens with two attached hydrogens (primary N) is 1. The summed E-state index contributed by atoms with van der Waals surface area (Å²) < 4.78 is 97.0. The number of fused-ring (bicyclic) bond motifs is 4. The molecule has 248 valence electrons. The molecule has 0 radical (unpaired) electrons. The standard InChI is InChI=1S/C32H26F6N8OS/c33-16-9-31(5-1-6-46(31)13-16)14-47-30-42-26-18(29(43-30)45-7-4-22-15(12-45)11-41-44-22)8-20(32(36,37)38)24(25(26)35)17-2-3-21(34)27-23(17)19(10-39)28(40)48-27/h2-3,8,11,16H,1,4-7,9,12-14,40H2,(H,41,44). The van der Waals surface area contributed by atoms with Gasteiger partial charge in [0.2, 0.25) is 0 Å². The van der Waals surface area contributed by atoms with E-state index in [9.17, 15) is 27.2 Å². The van der Waals surface area contributed by atoms with Gasteiger partial charge in [0.15, 0.2) is 5.82 Å². The topological polar surface area (TPSA) is 120 Å². The molecule has 48 heavy (non-hydrogen) atoms. The van der Waals surface area contributed by atoms with Gasteiger partial charge < -0.3 is 15.4 Å². The SMILES string of the molecule is N#Cc1c(N)sc2c(F)ccc(-c3c(C(F)(F)F)cc4c(N5CCc6[nH]ncc6C5)nc(OCC56CCCN5CC(F)C6)nc4c3F)c12. The molecule has 2 aromatic carbocycles. The first-order chi connectivity index (χ1) is 23.0. The molecule has 2 saturated heterocycles. The van der Waals surface area contributed by atoms with Crippen LogP contribution in [-0.4, -0.2) is 63.0 Å². The van der Waals surface area contributed by atoms with Gasteiger partial charge in [0, 0.05) is 60.1 Å². The van der Waals surface area contributed by atoms with E-state index >= 15 is 4.39 Å². The Morgan fingerprint density at radius 2 is 2.04 bits per heavy atom. The zero-order valence-corrected chi connectivity index (χ0v) is 25.9. The molecular formula is C32H26F6N8OS. The van der Waals surface area contributed by atoms with Crippen molar-refractivity contribution in [2.75, 3.05) is 36.9 Å². The fraction of sp³-hybridized carbons (Fsp3) is 0.375. The molecule has 0 saturated carbocycles. The van der Waals surface area contributed by atoms with Gasteiger partial charge in [0.25, 0.3) is 0 Å². The summed E-state index contributed by atoms with van der Waals surface area (Å²) in [5.41, 5.74) is 3.71. The molecule has 2 unspecified atom stereocenters. The lowest BCUT2D eigenvalue weighted by molar-refractivity contribution is -0.137. The number of aromatic nitrogens is 4. The lowest BCUT2D eigenvalue weighted by Crippen LogP contribution is -2.43. The van der Waals surface area contributed by atoms with Crippen LogP contribution in [0.4, 0.5) is 37.2 Å². The highest BCUT2D eigenvalue weighted by Crippen LogP contribution is 2.48. The third kappa shape index (κ3) is 4.73. The second-order valence-corrected chi connectivity index (χ2v) is 13.6. The fourth-order valence-corrected chi connectivity index (χ4v) is 8.49. The number of anilines is 2. The van der Waals surface area contributed by atoms with Crippen molar-refractivity contribution in [2.45, 2.75) is 50.1 Å². The minimum absolute atomic E-state index is 0.0116. The summed E-state index contributed by atoms with van der Waals surface area (Å²) in [6.45, 7) is 1.54. The van der Waals surface area contributed by atoms with E-state index in [1.807, 2.05) is 11.0 Å². The van der Waals surface area contributed by atoms with Crippen molar-refractivity contribution in [1.29, 1.82) is 5.26 Å². The predicted molar refractivity (Wildman–Crippen MR) is 166 cm³/mol. The normalized spacial score (nSPS) is 21.2. The van der Waals surface area contributed by atoms with Crippen molar-refractivity contribution < 1.29 is 31.1 Å². The van der Waals surface area contributed by atoms with Crippen molar-refractivity contribution in [3.05, 3.63) is 58.4 Å². The highest BCUT2D eigenvalue weighted by atomic mass is 32.1. The number of thiophene rings is 1. The Morgan fingerprint density at radius 1 is 1.21 bits per heavy atom. The van der Waals surface area contributed by atoms with E-state index in [2.05, 4.69) is 20.2 Å². The van der Waals surface area contributed by atoms with Crippen LogP contribution in [0.15, 0.2) is 24.4 Å². The molecule has 3 aliphatic heterocycles. The Kier molecular flexibility index (Phi) is 7.01. The van der Waals surface area contributed by atoms with Crippen molar-refractivity contribution in [2.24, 2.45) is 0 Å². The maximum absolute atomic E-state index is 17.0. The van der Waals surface area contributed by atoms with Crippen molar-refractivity contribution in [1.82, 2.24) is 25.1 Å². The Balaban J connectivity index is 1.35.